The van der Waals surface area contributed by atoms with Gasteiger partial charge in [0.2, 0.25) is 0 Å². The standard InChI is InChI=1S/C10H21N3O2/c1-3-12-4-6-13(7-5-12)9(8(2)11)10(14)15/h8-9H,3-7,11H2,1-2H3,(H,14,15). The Hall–Kier alpha value is -0.650. The van der Waals surface area contributed by atoms with Crippen molar-refractivity contribution in [1.82, 2.24) is 9.80 Å². The molecule has 88 valence electrons. The quantitative estimate of drug-likeness (QED) is 0.657. The largest absolute Gasteiger partial charge is 0.480 e. The number of rotatable bonds is 4. The van der Waals surface area contributed by atoms with Crippen LogP contribution in [-0.2, 0) is 4.79 Å². The molecule has 2 unspecified atom stereocenters. The lowest BCUT2D eigenvalue weighted by molar-refractivity contribution is -0.144. The fraction of sp³-hybridized carbons (Fsp3) is 0.900. The number of hydrogen-bond donors (Lipinski definition) is 2. The van der Waals surface area contributed by atoms with E-state index in [1.807, 2.05) is 4.90 Å². The topological polar surface area (TPSA) is 69.8 Å². The van der Waals surface area contributed by atoms with Crippen molar-refractivity contribution < 1.29 is 9.90 Å². The van der Waals surface area contributed by atoms with Crippen LogP contribution in [0.15, 0.2) is 0 Å². The molecular formula is C10H21N3O2. The lowest BCUT2D eigenvalue weighted by Crippen LogP contribution is -2.57. The van der Waals surface area contributed by atoms with E-state index in [1.165, 1.54) is 0 Å². The molecule has 0 radical (unpaired) electrons. The molecular weight excluding hydrogens is 194 g/mol. The van der Waals surface area contributed by atoms with Gasteiger partial charge in [-0.15, -0.1) is 0 Å². The summed E-state index contributed by atoms with van der Waals surface area (Å²) in [5.74, 6) is -0.810. The zero-order valence-corrected chi connectivity index (χ0v) is 9.52. The summed E-state index contributed by atoms with van der Waals surface area (Å²) in [4.78, 5) is 15.3. The van der Waals surface area contributed by atoms with Crippen LogP contribution in [0.2, 0.25) is 0 Å². The van der Waals surface area contributed by atoms with Crippen molar-refractivity contribution in [1.29, 1.82) is 0 Å². The molecule has 5 heteroatoms. The monoisotopic (exact) mass is 215 g/mol. The Labute approximate surface area is 90.8 Å². The summed E-state index contributed by atoms with van der Waals surface area (Å²) in [6.07, 6.45) is 0. The van der Waals surface area contributed by atoms with Crippen LogP contribution in [0.5, 0.6) is 0 Å². The van der Waals surface area contributed by atoms with Crippen molar-refractivity contribution in [3.05, 3.63) is 0 Å². The minimum absolute atomic E-state index is 0.323. The van der Waals surface area contributed by atoms with Gasteiger partial charge in [0.05, 0.1) is 0 Å². The molecule has 0 saturated carbocycles. The number of carbonyl (C=O) groups is 1. The van der Waals surface area contributed by atoms with Gasteiger partial charge in [0.25, 0.3) is 0 Å². The molecule has 5 nitrogen and oxygen atoms in total. The van der Waals surface area contributed by atoms with Gasteiger partial charge < -0.3 is 15.7 Å². The summed E-state index contributed by atoms with van der Waals surface area (Å²) in [7, 11) is 0. The van der Waals surface area contributed by atoms with E-state index in [0.717, 1.165) is 32.7 Å². The van der Waals surface area contributed by atoms with E-state index in [4.69, 9.17) is 10.8 Å². The highest BCUT2D eigenvalue weighted by Gasteiger charge is 2.31. The van der Waals surface area contributed by atoms with Gasteiger partial charge in [0.15, 0.2) is 0 Å². The van der Waals surface area contributed by atoms with Crippen LogP contribution in [0.1, 0.15) is 13.8 Å². The number of nitrogens with two attached hydrogens (primary N) is 1. The third-order valence-corrected chi connectivity index (χ3v) is 3.00. The molecule has 1 fully saturated rings. The average Bonchev–Trinajstić information content (AvgIpc) is 2.18. The van der Waals surface area contributed by atoms with Crippen LogP contribution in [0, 0.1) is 0 Å². The maximum absolute atomic E-state index is 11.1. The molecule has 0 aromatic rings. The van der Waals surface area contributed by atoms with Crippen molar-refractivity contribution >= 4 is 5.97 Å². The van der Waals surface area contributed by atoms with Gasteiger partial charge in [-0.3, -0.25) is 9.69 Å². The molecule has 1 aliphatic rings. The SMILES string of the molecule is CCN1CCN(C(C(=O)O)C(C)N)CC1. The lowest BCUT2D eigenvalue weighted by atomic mass is 10.1. The molecule has 0 aromatic carbocycles. The predicted octanol–water partition coefficient (Wildman–Crippen LogP) is -0.576. The Morgan fingerprint density at radius 1 is 1.40 bits per heavy atom. The number of hydrogen-bond acceptors (Lipinski definition) is 4. The average molecular weight is 215 g/mol. The molecule has 0 spiro atoms. The first-order valence-electron chi connectivity index (χ1n) is 5.51. The summed E-state index contributed by atoms with van der Waals surface area (Å²) in [6, 6.07) is -0.861. The van der Waals surface area contributed by atoms with Crippen molar-refractivity contribution in [2.45, 2.75) is 25.9 Å². The smallest absolute Gasteiger partial charge is 0.322 e. The summed E-state index contributed by atoms with van der Waals surface area (Å²) in [5, 5.41) is 9.08. The number of piperazine rings is 1. The van der Waals surface area contributed by atoms with E-state index < -0.39 is 12.0 Å². The molecule has 0 amide bonds. The van der Waals surface area contributed by atoms with E-state index in [0.29, 0.717) is 0 Å². The number of likely N-dealkylation sites (N-methyl/N-ethyl adjacent to an activating group) is 1. The second-order valence-corrected chi connectivity index (χ2v) is 4.11. The first-order chi connectivity index (χ1) is 7.06. The summed E-state index contributed by atoms with van der Waals surface area (Å²) >= 11 is 0. The maximum atomic E-state index is 11.1. The Bertz CT molecular complexity index is 213. The van der Waals surface area contributed by atoms with E-state index >= 15 is 0 Å². The maximum Gasteiger partial charge on any atom is 0.322 e. The summed E-state index contributed by atoms with van der Waals surface area (Å²) < 4.78 is 0. The van der Waals surface area contributed by atoms with Crippen molar-refractivity contribution in [3.63, 3.8) is 0 Å². The van der Waals surface area contributed by atoms with Crippen LogP contribution in [0.4, 0.5) is 0 Å². The van der Waals surface area contributed by atoms with Crippen LogP contribution >= 0.6 is 0 Å². The van der Waals surface area contributed by atoms with Gasteiger partial charge >= 0.3 is 5.97 Å². The zero-order chi connectivity index (χ0) is 11.4. The van der Waals surface area contributed by atoms with Crippen LogP contribution in [0.25, 0.3) is 0 Å². The fourth-order valence-corrected chi connectivity index (χ4v) is 2.07. The molecule has 1 aliphatic heterocycles. The Morgan fingerprint density at radius 3 is 2.27 bits per heavy atom. The van der Waals surface area contributed by atoms with E-state index in [2.05, 4.69) is 11.8 Å². The van der Waals surface area contributed by atoms with Gasteiger partial charge in [-0.1, -0.05) is 6.92 Å². The normalized spacial score (nSPS) is 23.7. The van der Waals surface area contributed by atoms with Gasteiger partial charge in [-0.2, -0.15) is 0 Å². The Balaban J connectivity index is 2.53. The van der Waals surface area contributed by atoms with Crippen LogP contribution in [-0.4, -0.2) is 65.7 Å². The molecule has 0 aliphatic carbocycles. The highest BCUT2D eigenvalue weighted by Crippen LogP contribution is 2.08. The first kappa shape index (κ1) is 12.4. The summed E-state index contributed by atoms with van der Waals surface area (Å²) in [5.41, 5.74) is 5.70. The lowest BCUT2D eigenvalue weighted by Gasteiger charge is -2.38. The highest BCUT2D eigenvalue weighted by molar-refractivity contribution is 5.74. The Kier molecular flexibility index (Phi) is 4.50. The van der Waals surface area contributed by atoms with Gasteiger partial charge in [0.1, 0.15) is 6.04 Å². The molecule has 15 heavy (non-hydrogen) atoms. The van der Waals surface area contributed by atoms with Crippen molar-refractivity contribution in [3.8, 4) is 0 Å². The van der Waals surface area contributed by atoms with E-state index in [-0.39, 0.29) is 6.04 Å². The Morgan fingerprint density at radius 2 is 1.93 bits per heavy atom. The second kappa shape index (κ2) is 5.44. The third kappa shape index (κ3) is 3.15. The third-order valence-electron chi connectivity index (χ3n) is 3.00. The second-order valence-electron chi connectivity index (χ2n) is 4.11. The number of nitrogens with zero attached hydrogens (tertiary/aromatic N) is 2. The van der Waals surface area contributed by atoms with Gasteiger partial charge in [-0.25, -0.2) is 0 Å². The number of carboxylic acid groups (broad SMARTS) is 1. The zero-order valence-electron chi connectivity index (χ0n) is 9.52. The summed E-state index contributed by atoms with van der Waals surface area (Å²) in [6.45, 7) is 8.38. The van der Waals surface area contributed by atoms with Crippen molar-refractivity contribution in [2.75, 3.05) is 32.7 Å². The molecule has 1 heterocycles. The molecule has 0 aromatic heterocycles. The minimum atomic E-state index is -0.810. The van der Waals surface area contributed by atoms with E-state index in [9.17, 15) is 4.79 Å². The molecule has 0 bridgehead atoms. The number of carboxylic acids is 1. The van der Waals surface area contributed by atoms with E-state index in [1.54, 1.807) is 6.92 Å². The number of aliphatic carboxylic acids is 1. The first-order valence-corrected chi connectivity index (χ1v) is 5.51. The molecule has 2 atom stereocenters. The van der Waals surface area contributed by atoms with Crippen molar-refractivity contribution in [2.24, 2.45) is 5.73 Å². The van der Waals surface area contributed by atoms with Gasteiger partial charge in [-0.05, 0) is 13.5 Å². The molecule has 1 rings (SSSR count). The molecule has 3 N–H and O–H groups in total. The van der Waals surface area contributed by atoms with Crippen LogP contribution in [0.3, 0.4) is 0 Å². The molecule has 1 saturated heterocycles. The van der Waals surface area contributed by atoms with Gasteiger partial charge in [0, 0.05) is 32.2 Å². The highest BCUT2D eigenvalue weighted by atomic mass is 16.4. The minimum Gasteiger partial charge on any atom is -0.480 e. The van der Waals surface area contributed by atoms with Crippen LogP contribution < -0.4 is 5.73 Å². The predicted molar refractivity (Wildman–Crippen MR) is 58.8 cm³/mol. The fourth-order valence-electron chi connectivity index (χ4n) is 2.07.